The Morgan fingerprint density at radius 2 is 2.04 bits per heavy atom. The molecular formula is C17H12ClN3OS. The minimum atomic E-state index is -0.325. The first-order valence-corrected chi connectivity index (χ1v) is 8.20. The maximum absolute atomic E-state index is 12.9. The van der Waals surface area contributed by atoms with Crippen molar-refractivity contribution < 1.29 is 0 Å². The number of para-hydroxylation sites is 1. The first-order chi connectivity index (χ1) is 11.1. The maximum Gasteiger partial charge on any atom is 0.266 e. The van der Waals surface area contributed by atoms with Crippen LogP contribution in [-0.2, 0) is 0 Å². The molecule has 0 spiro atoms. The molecule has 0 aliphatic rings. The Kier molecular flexibility index (Phi) is 4.37. The Hall–Kier alpha value is -2.29. The van der Waals surface area contributed by atoms with Gasteiger partial charge >= 0.3 is 0 Å². The van der Waals surface area contributed by atoms with Gasteiger partial charge in [0.15, 0.2) is 5.16 Å². The van der Waals surface area contributed by atoms with Crippen LogP contribution < -0.4 is 5.56 Å². The molecule has 2 aromatic carbocycles. The summed E-state index contributed by atoms with van der Waals surface area (Å²) in [6.45, 7) is 1.77. The molecule has 0 aliphatic carbocycles. The monoisotopic (exact) mass is 341 g/mol. The van der Waals surface area contributed by atoms with Crippen molar-refractivity contribution in [2.75, 3.05) is 0 Å². The minimum absolute atomic E-state index is 0.175. The lowest BCUT2D eigenvalue weighted by Gasteiger charge is -2.14. The summed E-state index contributed by atoms with van der Waals surface area (Å²) in [4.78, 5) is 17.5. The zero-order valence-electron chi connectivity index (χ0n) is 12.2. The lowest BCUT2D eigenvalue weighted by atomic mass is 10.2. The van der Waals surface area contributed by atoms with E-state index < -0.39 is 0 Å². The predicted molar refractivity (Wildman–Crippen MR) is 93.3 cm³/mol. The molecule has 4 nitrogen and oxygen atoms in total. The number of nitrogens with zero attached hydrogens (tertiary/aromatic N) is 3. The van der Waals surface area contributed by atoms with Crippen LogP contribution in [0.3, 0.4) is 0 Å². The second kappa shape index (κ2) is 6.45. The molecule has 0 fully saturated rings. The van der Waals surface area contributed by atoms with Crippen LogP contribution in [-0.4, -0.2) is 14.8 Å². The van der Waals surface area contributed by atoms with E-state index in [0.29, 0.717) is 26.8 Å². The third-order valence-corrected chi connectivity index (χ3v) is 4.45. The van der Waals surface area contributed by atoms with E-state index in [1.165, 1.54) is 16.3 Å². The summed E-state index contributed by atoms with van der Waals surface area (Å²) in [6.07, 6.45) is 0. The van der Waals surface area contributed by atoms with E-state index in [0.717, 1.165) is 0 Å². The zero-order valence-corrected chi connectivity index (χ0v) is 13.8. The van der Waals surface area contributed by atoms with Crippen molar-refractivity contribution in [2.24, 2.45) is 0 Å². The summed E-state index contributed by atoms with van der Waals surface area (Å²) in [5, 5.41) is 10.3. The van der Waals surface area contributed by atoms with Crippen LogP contribution in [0.25, 0.3) is 16.6 Å². The first kappa shape index (κ1) is 15.6. The maximum atomic E-state index is 12.9. The molecule has 3 rings (SSSR count). The fraction of sp³-hybridized carbons (Fsp3) is 0.118. The number of nitriles is 1. The van der Waals surface area contributed by atoms with E-state index in [2.05, 4.69) is 11.1 Å². The molecule has 1 aromatic heterocycles. The van der Waals surface area contributed by atoms with Gasteiger partial charge in [0.1, 0.15) is 0 Å². The van der Waals surface area contributed by atoms with Gasteiger partial charge in [-0.15, -0.1) is 0 Å². The van der Waals surface area contributed by atoms with Crippen LogP contribution in [0.4, 0.5) is 0 Å². The molecule has 0 saturated heterocycles. The highest BCUT2D eigenvalue weighted by molar-refractivity contribution is 8.00. The number of thioether (sulfide) groups is 1. The number of hydrogen-bond acceptors (Lipinski definition) is 4. The number of fused-ring (bicyclic) bond motifs is 1. The molecule has 114 valence electrons. The molecule has 3 aromatic rings. The minimum Gasteiger partial charge on any atom is -0.268 e. The lowest BCUT2D eigenvalue weighted by Crippen LogP contribution is -2.22. The molecule has 0 unspecified atom stereocenters. The molecule has 1 atom stereocenters. The summed E-state index contributed by atoms with van der Waals surface area (Å²) >= 11 is 7.30. The van der Waals surface area contributed by atoms with Crippen LogP contribution in [0.1, 0.15) is 6.92 Å². The second-order valence-electron chi connectivity index (χ2n) is 4.92. The fourth-order valence-corrected chi connectivity index (χ4v) is 3.22. The normalized spacial score (nSPS) is 12.0. The van der Waals surface area contributed by atoms with Crippen LogP contribution in [0.15, 0.2) is 58.5 Å². The van der Waals surface area contributed by atoms with Gasteiger partial charge < -0.3 is 0 Å². The number of hydrogen-bond donors (Lipinski definition) is 0. The van der Waals surface area contributed by atoms with Gasteiger partial charge in [-0.2, -0.15) is 5.26 Å². The highest BCUT2D eigenvalue weighted by atomic mass is 35.5. The number of benzene rings is 2. The van der Waals surface area contributed by atoms with Gasteiger partial charge in [0.2, 0.25) is 0 Å². The third kappa shape index (κ3) is 3.09. The summed E-state index contributed by atoms with van der Waals surface area (Å²) in [6, 6.07) is 16.4. The third-order valence-electron chi connectivity index (χ3n) is 3.28. The first-order valence-electron chi connectivity index (χ1n) is 6.94. The van der Waals surface area contributed by atoms with E-state index >= 15 is 0 Å². The standard InChI is InChI=1S/C17H12ClN3OS/c1-11(10-19)23-17-20-15-8-3-2-7-14(15)16(22)21(17)13-6-4-5-12(18)9-13/h2-9,11H,1H3/t11-/m0/s1. The highest BCUT2D eigenvalue weighted by Gasteiger charge is 2.15. The van der Waals surface area contributed by atoms with E-state index in [1.54, 1.807) is 49.4 Å². The van der Waals surface area contributed by atoms with Crippen molar-refractivity contribution in [1.29, 1.82) is 5.26 Å². The summed E-state index contributed by atoms with van der Waals surface area (Å²) in [5.41, 5.74) is 1.07. The average molecular weight is 342 g/mol. The number of rotatable bonds is 3. The van der Waals surface area contributed by atoms with Crippen molar-refractivity contribution in [2.45, 2.75) is 17.3 Å². The molecule has 0 N–H and O–H groups in total. The topological polar surface area (TPSA) is 58.7 Å². The second-order valence-corrected chi connectivity index (χ2v) is 6.67. The van der Waals surface area contributed by atoms with E-state index in [-0.39, 0.29) is 10.8 Å². The molecule has 0 saturated carbocycles. The van der Waals surface area contributed by atoms with Crippen molar-refractivity contribution in [3.63, 3.8) is 0 Å². The number of aromatic nitrogens is 2. The SMILES string of the molecule is C[C@@H](C#N)Sc1nc2ccccc2c(=O)n1-c1cccc(Cl)c1. The molecule has 1 heterocycles. The van der Waals surface area contributed by atoms with Gasteiger partial charge in [-0.1, -0.05) is 41.6 Å². The van der Waals surface area contributed by atoms with Crippen LogP contribution >= 0.6 is 23.4 Å². The van der Waals surface area contributed by atoms with Crippen LogP contribution in [0, 0.1) is 11.3 Å². The van der Waals surface area contributed by atoms with Crippen LogP contribution in [0.5, 0.6) is 0 Å². The molecule has 0 amide bonds. The summed E-state index contributed by atoms with van der Waals surface area (Å²) < 4.78 is 1.51. The Bertz CT molecular complexity index is 977. The molecule has 23 heavy (non-hydrogen) atoms. The smallest absolute Gasteiger partial charge is 0.266 e. The largest absolute Gasteiger partial charge is 0.268 e. The quantitative estimate of drug-likeness (QED) is 0.533. The Morgan fingerprint density at radius 3 is 2.78 bits per heavy atom. The Morgan fingerprint density at radius 1 is 1.26 bits per heavy atom. The van der Waals surface area contributed by atoms with Gasteiger partial charge in [-0.3, -0.25) is 9.36 Å². The van der Waals surface area contributed by atoms with E-state index in [9.17, 15) is 4.79 Å². The average Bonchev–Trinajstić information content (AvgIpc) is 2.55. The Balaban J connectivity index is 2.33. The fourth-order valence-electron chi connectivity index (χ4n) is 2.22. The summed E-state index contributed by atoms with van der Waals surface area (Å²) in [7, 11) is 0. The van der Waals surface area contributed by atoms with Crippen molar-refractivity contribution in [3.8, 4) is 11.8 Å². The molecule has 6 heteroatoms. The van der Waals surface area contributed by atoms with Crippen LogP contribution in [0.2, 0.25) is 5.02 Å². The van der Waals surface area contributed by atoms with Gasteiger partial charge in [0.05, 0.1) is 27.9 Å². The van der Waals surface area contributed by atoms with E-state index in [4.69, 9.17) is 16.9 Å². The number of halogens is 1. The molecular weight excluding hydrogens is 330 g/mol. The van der Waals surface area contributed by atoms with E-state index in [1.807, 2.05) is 6.07 Å². The van der Waals surface area contributed by atoms with Crippen molar-refractivity contribution in [3.05, 3.63) is 63.9 Å². The molecule has 0 aliphatic heterocycles. The highest BCUT2D eigenvalue weighted by Crippen LogP contribution is 2.25. The zero-order chi connectivity index (χ0) is 16.4. The van der Waals surface area contributed by atoms with Gasteiger partial charge in [-0.05, 0) is 37.3 Å². The Labute approximate surface area is 142 Å². The lowest BCUT2D eigenvalue weighted by molar-refractivity contribution is 0.818. The van der Waals surface area contributed by atoms with Crippen molar-refractivity contribution in [1.82, 2.24) is 9.55 Å². The summed E-state index contributed by atoms with van der Waals surface area (Å²) in [5.74, 6) is 0. The predicted octanol–water partition coefficient (Wildman–Crippen LogP) is 4.04. The molecule has 0 bridgehead atoms. The van der Waals surface area contributed by atoms with Gasteiger partial charge in [-0.25, -0.2) is 4.98 Å². The van der Waals surface area contributed by atoms with Gasteiger partial charge in [0, 0.05) is 5.02 Å². The van der Waals surface area contributed by atoms with Gasteiger partial charge in [0.25, 0.3) is 5.56 Å². The van der Waals surface area contributed by atoms with Crippen molar-refractivity contribution >= 4 is 34.3 Å². The molecule has 0 radical (unpaired) electrons.